The number of hydrogen-bond donors (Lipinski definition) is 0. The van der Waals surface area contributed by atoms with E-state index in [1.807, 2.05) is 36.4 Å². The van der Waals surface area contributed by atoms with Gasteiger partial charge in [-0.15, -0.1) is 0 Å². The molecule has 0 radical (unpaired) electrons. The van der Waals surface area contributed by atoms with Crippen molar-refractivity contribution in [2.45, 2.75) is 44.3 Å². The molecular formula is C30H38O7. The smallest absolute Gasteiger partial charge is 0.330 e. The fourth-order valence-electron chi connectivity index (χ4n) is 3.57. The third kappa shape index (κ3) is 9.52. The van der Waals surface area contributed by atoms with Crippen LogP contribution in [0.5, 0.6) is 11.5 Å². The summed E-state index contributed by atoms with van der Waals surface area (Å²) >= 11 is 0. The molecule has 2 aromatic carbocycles. The van der Waals surface area contributed by atoms with Crippen molar-refractivity contribution in [2.75, 3.05) is 34.0 Å². The van der Waals surface area contributed by atoms with Gasteiger partial charge < -0.3 is 23.7 Å². The SMILES string of the molecule is C=CC(=O)CCC(COc1ccc(C(C)(C)c2ccc(OCC(COC(=O)C=C)OC)cc2)cc1)OC. The van der Waals surface area contributed by atoms with Gasteiger partial charge in [0, 0.05) is 32.1 Å². The second-order valence-corrected chi connectivity index (χ2v) is 9.05. The lowest BCUT2D eigenvalue weighted by molar-refractivity contribution is -0.142. The summed E-state index contributed by atoms with van der Waals surface area (Å²) in [6, 6.07) is 15.9. The Morgan fingerprint density at radius 2 is 1.27 bits per heavy atom. The number of hydrogen-bond acceptors (Lipinski definition) is 7. The van der Waals surface area contributed by atoms with Crippen LogP contribution in [0.4, 0.5) is 0 Å². The maximum Gasteiger partial charge on any atom is 0.330 e. The average Bonchev–Trinajstić information content (AvgIpc) is 2.93. The first kappa shape index (κ1) is 29.8. The summed E-state index contributed by atoms with van der Waals surface area (Å²) in [7, 11) is 3.16. The van der Waals surface area contributed by atoms with Gasteiger partial charge in [-0.3, -0.25) is 4.79 Å². The Bertz CT molecular complexity index is 928. The van der Waals surface area contributed by atoms with Crippen LogP contribution in [0.3, 0.4) is 0 Å². The second-order valence-electron chi connectivity index (χ2n) is 9.05. The van der Waals surface area contributed by atoms with Gasteiger partial charge in [0.15, 0.2) is 5.78 Å². The van der Waals surface area contributed by atoms with Crippen molar-refractivity contribution in [2.24, 2.45) is 0 Å². The predicted octanol–water partition coefficient (Wildman–Crippen LogP) is 5.06. The third-order valence-corrected chi connectivity index (χ3v) is 6.21. The minimum atomic E-state index is -0.496. The van der Waals surface area contributed by atoms with E-state index in [0.717, 1.165) is 23.0 Å². The van der Waals surface area contributed by atoms with Crippen LogP contribution in [-0.2, 0) is 29.2 Å². The van der Waals surface area contributed by atoms with Gasteiger partial charge in [0.1, 0.15) is 37.4 Å². The van der Waals surface area contributed by atoms with Crippen LogP contribution in [0, 0.1) is 0 Å². The first-order chi connectivity index (χ1) is 17.7. The maximum atomic E-state index is 11.5. The van der Waals surface area contributed by atoms with Crippen molar-refractivity contribution in [3.8, 4) is 11.5 Å². The molecule has 0 saturated heterocycles. The van der Waals surface area contributed by atoms with Crippen LogP contribution in [0.2, 0.25) is 0 Å². The van der Waals surface area contributed by atoms with Crippen molar-refractivity contribution < 1.29 is 33.3 Å². The van der Waals surface area contributed by atoms with E-state index in [4.69, 9.17) is 23.7 Å². The number of allylic oxidation sites excluding steroid dienone is 1. The van der Waals surface area contributed by atoms with Gasteiger partial charge in [0.25, 0.3) is 0 Å². The monoisotopic (exact) mass is 510 g/mol. The van der Waals surface area contributed by atoms with E-state index >= 15 is 0 Å². The molecule has 0 bridgehead atoms. The molecule has 7 heteroatoms. The van der Waals surface area contributed by atoms with Crippen LogP contribution in [0.15, 0.2) is 73.8 Å². The molecule has 0 amide bonds. The molecule has 0 saturated carbocycles. The first-order valence-electron chi connectivity index (χ1n) is 12.2. The predicted molar refractivity (Wildman–Crippen MR) is 143 cm³/mol. The molecule has 0 aromatic heterocycles. The zero-order valence-corrected chi connectivity index (χ0v) is 22.2. The number of carbonyl (C=O) groups excluding carboxylic acids is 2. The summed E-state index contributed by atoms with van der Waals surface area (Å²) in [4.78, 5) is 22.7. The van der Waals surface area contributed by atoms with Gasteiger partial charge in [-0.1, -0.05) is 51.3 Å². The molecule has 0 fully saturated rings. The number of ketones is 1. The van der Waals surface area contributed by atoms with Crippen LogP contribution in [-0.4, -0.2) is 58.0 Å². The Morgan fingerprint density at radius 1 is 0.784 bits per heavy atom. The molecule has 37 heavy (non-hydrogen) atoms. The van der Waals surface area contributed by atoms with Crippen molar-refractivity contribution in [3.63, 3.8) is 0 Å². The minimum Gasteiger partial charge on any atom is -0.491 e. The Hall–Kier alpha value is -3.42. The maximum absolute atomic E-state index is 11.5. The topological polar surface area (TPSA) is 80.3 Å². The van der Waals surface area contributed by atoms with Crippen LogP contribution < -0.4 is 9.47 Å². The summed E-state index contributed by atoms with van der Waals surface area (Å²) in [5, 5.41) is 0. The number of esters is 1. The van der Waals surface area contributed by atoms with Crippen molar-refractivity contribution in [1.29, 1.82) is 0 Å². The van der Waals surface area contributed by atoms with Crippen LogP contribution >= 0.6 is 0 Å². The van der Waals surface area contributed by atoms with Gasteiger partial charge in [0.05, 0.1) is 6.10 Å². The minimum absolute atomic E-state index is 0.000979. The summed E-state index contributed by atoms with van der Waals surface area (Å²) in [5.41, 5.74) is 2.02. The van der Waals surface area contributed by atoms with Crippen LogP contribution in [0.1, 0.15) is 37.8 Å². The normalized spacial score (nSPS) is 12.8. The molecule has 2 atom stereocenters. The lowest BCUT2D eigenvalue weighted by Crippen LogP contribution is -2.27. The number of methoxy groups -OCH3 is 2. The van der Waals surface area contributed by atoms with E-state index in [-0.39, 0.29) is 36.6 Å². The summed E-state index contributed by atoms with van der Waals surface area (Å²) in [5.74, 6) is 0.943. The lowest BCUT2D eigenvalue weighted by Gasteiger charge is -2.27. The number of ether oxygens (including phenoxy) is 5. The van der Waals surface area contributed by atoms with E-state index in [9.17, 15) is 9.59 Å². The third-order valence-electron chi connectivity index (χ3n) is 6.21. The van der Waals surface area contributed by atoms with Gasteiger partial charge in [-0.05, 0) is 47.9 Å². The van der Waals surface area contributed by atoms with E-state index < -0.39 is 5.97 Å². The average molecular weight is 511 g/mol. The highest BCUT2D eigenvalue weighted by atomic mass is 16.6. The Balaban J connectivity index is 1.93. The fraction of sp³-hybridized carbons (Fsp3) is 0.400. The van der Waals surface area contributed by atoms with Crippen molar-refractivity contribution in [3.05, 3.63) is 85.0 Å². The Morgan fingerprint density at radius 3 is 1.70 bits per heavy atom. The van der Waals surface area contributed by atoms with E-state index in [2.05, 4.69) is 39.1 Å². The Labute approximate surface area is 220 Å². The quantitative estimate of drug-likeness (QED) is 0.217. The highest BCUT2D eigenvalue weighted by Crippen LogP contribution is 2.33. The summed E-state index contributed by atoms with van der Waals surface area (Å²) < 4.78 is 27.4. The molecule has 0 aliphatic heterocycles. The molecule has 0 spiro atoms. The zero-order chi connectivity index (χ0) is 27.3. The second kappa shape index (κ2) is 15.0. The number of benzene rings is 2. The fourth-order valence-corrected chi connectivity index (χ4v) is 3.57. The summed E-state index contributed by atoms with van der Waals surface area (Å²) in [6.07, 6.45) is 2.87. The molecule has 0 N–H and O–H groups in total. The number of carbonyl (C=O) groups is 2. The molecule has 0 aliphatic carbocycles. The molecule has 7 nitrogen and oxygen atoms in total. The van der Waals surface area contributed by atoms with E-state index in [1.165, 1.54) is 6.08 Å². The highest BCUT2D eigenvalue weighted by molar-refractivity contribution is 5.88. The van der Waals surface area contributed by atoms with Crippen LogP contribution in [0.25, 0.3) is 0 Å². The van der Waals surface area contributed by atoms with Gasteiger partial charge in [-0.2, -0.15) is 0 Å². The van der Waals surface area contributed by atoms with Gasteiger partial charge in [-0.25, -0.2) is 4.79 Å². The molecule has 2 rings (SSSR count). The van der Waals surface area contributed by atoms with Gasteiger partial charge in [0.2, 0.25) is 0 Å². The molecule has 0 heterocycles. The van der Waals surface area contributed by atoms with E-state index in [0.29, 0.717) is 25.2 Å². The molecule has 200 valence electrons. The Kier molecular flexibility index (Phi) is 12.1. The van der Waals surface area contributed by atoms with Crippen molar-refractivity contribution >= 4 is 11.8 Å². The zero-order valence-electron chi connectivity index (χ0n) is 22.2. The highest BCUT2D eigenvalue weighted by Gasteiger charge is 2.23. The number of rotatable bonds is 17. The first-order valence-corrected chi connectivity index (χ1v) is 12.2. The largest absolute Gasteiger partial charge is 0.491 e. The van der Waals surface area contributed by atoms with E-state index in [1.54, 1.807) is 14.2 Å². The van der Waals surface area contributed by atoms with Crippen molar-refractivity contribution in [1.82, 2.24) is 0 Å². The molecule has 0 aliphatic rings. The molecular weight excluding hydrogens is 472 g/mol. The molecule has 2 aromatic rings. The summed E-state index contributed by atoms with van der Waals surface area (Å²) in [6.45, 7) is 11.9. The standard InChI is InChI=1S/C30H38O7/c1-7-24(31)13-18-27(33-5)19-35-25-14-9-22(10-15-25)30(3,4)23-11-16-26(17-12-23)36-20-28(34-6)21-37-29(32)8-2/h7-12,14-17,27-28H,1-2,13,18-21H2,3-6H3. The lowest BCUT2D eigenvalue weighted by atomic mass is 9.78. The molecule has 2 unspecified atom stereocenters. The van der Waals surface area contributed by atoms with Gasteiger partial charge >= 0.3 is 5.97 Å².